The van der Waals surface area contributed by atoms with E-state index in [2.05, 4.69) is 15.5 Å². The van der Waals surface area contributed by atoms with Gasteiger partial charge in [0.2, 0.25) is 5.89 Å². The number of carbonyl (C=O) groups is 1. The topological polar surface area (TPSA) is 102 Å². The second-order valence-corrected chi connectivity index (χ2v) is 8.19. The largest absolute Gasteiger partial charge is 0.340 e. The summed E-state index contributed by atoms with van der Waals surface area (Å²) < 4.78 is 28.1. The van der Waals surface area contributed by atoms with Gasteiger partial charge in [0.25, 0.3) is 5.91 Å². The van der Waals surface area contributed by atoms with Gasteiger partial charge >= 0.3 is 0 Å². The second-order valence-electron chi connectivity index (χ2n) is 6.18. The van der Waals surface area contributed by atoms with Crippen molar-refractivity contribution in [1.82, 2.24) is 15.5 Å². The molecule has 0 unspecified atom stereocenters. The number of nitrogens with zero attached hydrogens (tertiary/aromatic N) is 2. The molecule has 7 nitrogen and oxygen atoms in total. The van der Waals surface area contributed by atoms with Gasteiger partial charge in [0.1, 0.15) is 5.54 Å². The number of rotatable bonds is 4. The summed E-state index contributed by atoms with van der Waals surface area (Å²) in [5, 5.41) is 7.01. The molecule has 1 heterocycles. The highest BCUT2D eigenvalue weighted by atomic mass is 32.2. The lowest BCUT2D eigenvalue weighted by molar-refractivity contribution is 0.0892. The van der Waals surface area contributed by atoms with Crippen LogP contribution >= 0.6 is 0 Å². The molecule has 8 heteroatoms. The van der Waals surface area contributed by atoms with E-state index in [1.807, 2.05) is 0 Å². The minimum atomic E-state index is -3.28. The molecule has 0 aliphatic heterocycles. The highest BCUT2D eigenvalue weighted by Crippen LogP contribution is 2.37. The first-order chi connectivity index (χ1) is 11.3. The molecule has 0 atom stereocenters. The average molecular weight is 349 g/mol. The number of hydrogen-bond acceptors (Lipinski definition) is 6. The molecule has 1 saturated carbocycles. The summed E-state index contributed by atoms with van der Waals surface area (Å²) in [6.07, 6.45) is 4.58. The quantitative estimate of drug-likeness (QED) is 0.905. The van der Waals surface area contributed by atoms with E-state index >= 15 is 0 Å². The maximum Gasteiger partial charge on any atom is 0.252 e. The monoisotopic (exact) mass is 349 g/mol. The molecule has 0 bridgehead atoms. The maximum absolute atomic E-state index is 12.6. The molecule has 1 aliphatic rings. The van der Waals surface area contributed by atoms with Gasteiger partial charge in [-0.1, -0.05) is 18.0 Å². The summed E-state index contributed by atoms with van der Waals surface area (Å²) in [6.45, 7) is 1.71. The van der Waals surface area contributed by atoms with Crippen molar-refractivity contribution < 1.29 is 17.7 Å². The third kappa shape index (κ3) is 3.19. The fourth-order valence-corrected chi connectivity index (χ4v) is 3.65. The Kier molecular flexibility index (Phi) is 4.16. The van der Waals surface area contributed by atoms with Crippen molar-refractivity contribution in [2.75, 3.05) is 6.26 Å². The molecule has 1 N–H and O–H groups in total. The number of nitrogens with one attached hydrogen (secondary N) is 1. The molecule has 1 amide bonds. The minimum Gasteiger partial charge on any atom is -0.340 e. The third-order valence-corrected chi connectivity index (χ3v) is 5.44. The van der Waals surface area contributed by atoms with Crippen LogP contribution in [0.4, 0.5) is 0 Å². The summed E-state index contributed by atoms with van der Waals surface area (Å²) in [7, 11) is -3.28. The molecule has 0 spiro atoms. The molecule has 128 valence electrons. The van der Waals surface area contributed by atoms with Gasteiger partial charge in [0.05, 0.1) is 4.90 Å². The van der Waals surface area contributed by atoms with Gasteiger partial charge in [0, 0.05) is 18.7 Å². The number of amides is 1. The Morgan fingerprint density at radius 1 is 1.21 bits per heavy atom. The molecule has 1 fully saturated rings. The zero-order chi connectivity index (χ0) is 17.4. The Bertz CT molecular complexity index is 850. The van der Waals surface area contributed by atoms with E-state index in [1.54, 1.807) is 6.92 Å². The minimum absolute atomic E-state index is 0.184. The molecule has 24 heavy (non-hydrogen) atoms. The van der Waals surface area contributed by atoms with Crippen molar-refractivity contribution in [1.29, 1.82) is 0 Å². The number of hydrogen-bond donors (Lipinski definition) is 1. The first-order valence-corrected chi connectivity index (χ1v) is 9.63. The SMILES string of the molecule is Cc1nc(C2(NC(=O)c3ccc(S(C)(=O)=O)cc3)CCCC2)no1. The molecular formula is C16H19N3O4S. The maximum atomic E-state index is 12.6. The van der Waals surface area contributed by atoms with E-state index in [1.165, 1.54) is 24.3 Å². The molecular weight excluding hydrogens is 330 g/mol. The smallest absolute Gasteiger partial charge is 0.252 e. The van der Waals surface area contributed by atoms with E-state index in [0.29, 0.717) is 17.3 Å². The van der Waals surface area contributed by atoms with Crippen LogP contribution in [0.2, 0.25) is 0 Å². The van der Waals surface area contributed by atoms with Crippen LogP contribution in [0.5, 0.6) is 0 Å². The normalized spacial score (nSPS) is 16.9. The first-order valence-electron chi connectivity index (χ1n) is 7.74. The lowest BCUT2D eigenvalue weighted by Crippen LogP contribution is -2.44. The fraction of sp³-hybridized carbons (Fsp3) is 0.438. The van der Waals surface area contributed by atoms with E-state index < -0.39 is 15.4 Å². The van der Waals surface area contributed by atoms with Crippen LogP contribution in [0.25, 0.3) is 0 Å². The van der Waals surface area contributed by atoms with Gasteiger partial charge < -0.3 is 9.84 Å². The van der Waals surface area contributed by atoms with Crippen LogP contribution in [-0.4, -0.2) is 30.7 Å². The van der Waals surface area contributed by atoms with Crippen LogP contribution in [0.15, 0.2) is 33.7 Å². The summed E-state index contributed by atoms with van der Waals surface area (Å²) in [6, 6.07) is 5.89. The van der Waals surface area contributed by atoms with Gasteiger partial charge in [-0.2, -0.15) is 4.98 Å². The van der Waals surface area contributed by atoms with Crippen molar-refractivity contribution in [3.05, 3.63) is 41.5 Å². The second kappa shape index (κ2) is 6.01. The molecule has 1 aromatic heterocycles. The molecule has 1 aliphatic carbocycles. The standard InChI is InChI=1S/C16H19N3O4S/c1-11-17-15(19-23-11)16(9-3-4-10-16)18-14(20)12-5-7-13(8-6-12)24(2,21)22/h5-8H,3-4,9-10H2,1-2H3,(H,18,20). The predicted octanol–water partition coefficient (Wildman–Crippen LogP) is 1.98. The van der Waals surface area contributed by atoms with E-state index in [-0.39, 0.29) is 10.8 Å². The Morgan fingerprint density at radius 3 is 2.33 bits per heavy atom. The average Bonchev–Trinajstić information content (AvgIpc) is 3.16. The Morgan fingerprint density at radius 2 is 1.83 bits per heavy atom. The van der Waals surface area contributed by atoms with Crippen LogP contribution in [0, 0.1) is 6.92 Å². The van der Waals surface area contributed by atoms with Crippen LogP contribution in [-0.2, 0) is 15.4 Å². The summed E-state index contributed by atoms with van der Waals surface area (Å²) >= 11 is 0. The number of carbonyl (C=O) groups excluding carboxylic acids is 1. The van der Waals surface area contributed by atoms with Crippen molar-refractivity contribution in [2.24, 2.45) is 0 Å². The molecule has 1 aromatic carbocycles. The lowest BCUT2D eigenvalue weighted by Gasteiger charge is -2.26. The zero-order valence-corrected chi connectivity index (χ0v) is 14.4. The Labute approximate surface area is 140 Å². The van der Waals surface area contributed by atoms with Crippen molar-refractivity contribution >= 4 is 15.7 Å². The van der Waals surface area contributed by atoms with Gasteiger partial charge in [-0.3, -0.25) is 4.79 Å². The highest BCUT2D eigenvalue weighted by molar-refractivity contribution is 7.90. The van der Waals surface area contributed by atoms with Crippen LogP contribution < -0.4 is 5.32 Å². The molecule has 3 rings (SSSR count). The van der Waals surface area contributed by atoms with Crippen molar-refractivity contribution in [2.45, 2.75) is 43.0 Å². The van der Waals surface area contributed by atoms with E-state index in [4.69, 9.17) is 4.52 Å². The van der Waals surface area contributed by atoms with Crippen molar-refractivity contribution in [3.8, 4) is 0 Å². The highest BCUT2D eigenvalue weighted by Gasteiger charge is 2.41. The van der Waals surface area contributed by atoms with E-state index in [0.717, 1.165) is 31.9 Å². The van der Waals surface area contributed by atoms with Crippen LogP contribution in [0.1, 0.15) is 47.8 Å². The number of aromatic nitrogens is 2. The number of benzene rings is 1. The predicted molar refractivity (Wildman–Crippen MR) is 86.2 cm³/mol. The van der Waals surface area contributed by atoms with E-state index in [9.17, 15) is 13.2 Å². The molecule has 2 aromatic rings. The van der Waals surface area contributed by atoms with Crippen molar-refractivity contribution in [3.63, 3.8) is 0 Å². The summed E-state index contributed by atoms with van der Waals surface area (Å²) in [5.74, 6) is 0.682. The summed E-state index contributed by atoms with van der Waals surface area (Å²) in [4.78, 5) is 17.1. The number of sulfone groups is 1. The fourth-order valence-electron chi connectivity index (χ4n) is 3.02. The van der Waals surface area contributed by atoms with Gasteiger partial charge in [-0.05, 0) is 37.1 Å². The Balaban J connectivity index is 1.84. The third-order valence-electron chi connectivity index (χ3n) is 4.31. The number of aryl methyl sites for hydroxylation is 1. The van der Waals surface area contributed by atoms with Gasteiger partial charge in [-0.25, -0.2) is 8.42 Å². The van der Waals surface area contributed by atoms with Gasteiger partial charge in [0.15, 0.2) is 15.7 Å². The first kappa shape index (κ1) is 16.6. The zero-order valence-electron chi connectivity index (χ0n) is 13.6. The molecule has 0 radical (unpaired) electrons. The Hall–Kier alpha value is -2.22. The van der Waals surface area contributed by atoms with Crippen LogP contribution in [0.3, 0.4) is 0 Å². The van der Waals surface area contributed by atoms with Gasteiger partial charge in [-0.15, -0.1) is 0 Å². The summed E-state index contributed by atoms with van der Waals surface area (Å²) in [5.41, 5.74) is -0.224. The molecule has 0 saturated heterocycles. The lowest BCUT2D eigenvalue weighted by atomic mass is 9.96.